The van der Waals surface area contributed by atoms with Crippen molar-refractivity contribution >= 4 is 6.09 Å². The maximum absolute atomic E-state index is 12.0. The number of carbonyl (C=O) groups is 1. The maximum atomic E-state index is 12.0. The molecule has 1 aliphatic rings. The number of piperidine rings is 1. The van der Waals surface area contributed by atoms with Crippen molar-refractivity contribution in [1.82, 2.24) is 20.2 Å². The number of aromatic amines is 1. The van der Waals surface area contributed by atoms with Crippen LogP contribution in [0.15, 0.2) is 12.4 Å². The molecule has 6 nitrogen and oxygen atoms in total. The van der Waals surface area contributed by atoms with E-state index in [0.717, 1.165) is 44.8 Å². The molecule has 0 radical (unpaired) electrons. The highest BCUT2D eigenvalue weighted by Gasteiger charge is 2.26. The largest absolute Gasteiger partial charge is 0.444 e. The summed E-state index contributed by atoms with van der Waals surface area (Å²) in [6.07, 6.45) is 5.44. The first-order valence-electron chi connectivity index (χ1n) is 7.61. The average Bonchev–Trinajstić information content (AvgIpc) is 2.91. The van der Waals surface area contributed by atoms with E-state index >= 15 is 0 Å². The second-order valence-corrected chi connectivity index (χ2v) is 6.58. The monoisotopic (exact) mass is 294 g/mol. The van der Waals surface area contributed by atoms with E-state index in [2.05, 4.69) is 15.3 Å². The van der Waals surface area contributed by atoms with Crippen molar-refractivity contribution in [3.05, 3.63) is 18.2 Å². The van der Waals surface area contributed by atoms with Gasteiger partial charge in [-0.05, 0) is 46.1 Å². The van der Waals surface area contributed by atoms with Crippen LogP contribution in [0.4, 0.5) is 4.79 Å². The number of H-pyrrole nitrogens is 1. The summed E-state index contributed by atoms with van der Waals surface area (Å²) in [5.41, 5.74) is -0.418. The zero-order valence-electron chi connectivity index (χ0n) is 13.2. The minimum Gasteiger partial charge on any atom is -0.444 e. The molecule has 2 heterocycles. The van der Waals surface area contributed by atoms with Crippen LogP contribution in [0.2, 0.25) is 0 Å². The lowest BCUT2D eigenvalue weighted by molar-refractivity contribution is 0.0184. The Kier molecular flexibility index (Phi) is 5.22. The Bertz CT molecular complexity index is 431. The molecule has 1 fully saturated rings. The van der Waals surface area contributed by atoms with Crippen molar-refractivity contribution in [2.75, 3.05) is 19.6 Å². The number of hydrogen-bond acceptors (Lipinski definition) is 4. The number of aromatic nitrogens is 2. The van der Waals surface area contributed by atoms with Gasteiger partial charge in [-0.25, -0.2) is 9.78 Å². The lowest BCUT2D eigenvalue weighted by Gasteiger charge is -2.33. The van der Waals surface area contributed by atoms with E-state index in [0.29, 0.717) is 5.92 Å². The molecule has 2 N–H and O–H groups in total. The van der Waals surface area contributed by atoms with Crippen molar-refractivity contribution in [2.24, 2.45) is 5.92 Å². The summed E-state index contributed by atoms with van der Waals surface area (Å²) in [7, 11) is 0. The van der Waals surface area contributed by atoms with Gasteiger partial charge in [0.15, 0.2) is 0 Å². The van der Waals surface area contributed by atoms with Gasteiger partial charge in [0.05, 0.1) is 6.54 Å². The van der Waals surface area contributed by atoms with Gasteiger partial charge in [-0.1, -0.05) is 0 Å². The molecule has 0 aromatic carbocycles. The van der Waals surface area contributed by atoms with Crippen molar-refractivity contribution in [1.29, 1.82) is 0 Å². The Morgan fingerprint density at radius 3 is 2.76 bits per heavy atom. The van der Waals surface area contributed by atoms with Gasteiger partial charge in [-0.15, -0.1) is 0 Å². The normalized spacial score (nSPS) is 17.0. The molecule has 1 aromatic rings. The summed E-state index contributed by atoms with van der Waals surface area (Å²) >= 11 is 0. The summed E-state index contributed by atoms with van der Waals surface area (Å²) < 4.78 is 5.40. The Morgan fingerprint density at radius 2 is 2.19 bits per heavy atom. The van der Waals surface area contributed by atoms with Gasteiger partial charge in [-0.2, -0.15) is 0 Å². The van der Waals surface area contributed by atoms with Gasteiger partial charge >= 0.3 is 6.09 Å². The van der Waals surface area contributed by atoms with Crippen LogP contribution in [0.5, 0.6) is 0 Å². The van der Waals surface area contributed by atoms with Crippen LogP contribution >= 0.6 is 0 Å². The number of hydrogen-bond donors (Lipinski definition) is 2. The molecule has 1 aliphatic heterocycles. The van der Waals surface area contributed by atoms with E-state index in [1.807, 2.05) is 31.9 Å². The summed E-state index contributed by atoms with van der Waals surface area (Å²) in [5, 5.41) is 3.41. The molecule has 1 amide bonds. The van der Waals surface area contributed by atoms with Crippen molar-refractivity contribution < 1.29 is 9.53 Å². The minimum atomic E-state index is -0.418. The van der Waals surface area contributed by atoms with Gasteiger partial charge in [0.25, 0.3) is 0 Å². The van der Waals surface area contributed by atoms with Crippen LogP contribution < -0.4 is 5.32 Å². The molecule has 21 heavy (non-hydrogen) atoms. The molecule has 0 unspecified atom stereocenters. The molecule has 1 aromatic heterocycles. The first-order valence-corrected chi connectivity index (χ1v) is 7.61. The van der Waals surface area contributed by atoms with Gasteiger partial charge in [-0.3, -0.25) is 0 Å². The Labute approximate surface area is 126 Å². The van der Waals surface area contributed by atoms with E-state index in [-0.39, 0.29) is 6.09 Å². The quantitative estimate of drug-likeness (QED) is 0.892. The first-order chi connectivity index (χ1) is 9.94. The number of ether oxygens (including phenoxy) is 1. The van der Waals surface area contributed by atoms with Crippen molar-refractivity contribution in [3.8, 4) is 0 Å². The number of amides is 1. The molecule has 0 saturated carbocycles. The first kappa shape index (κ1) is 15.8. The van der Waals surface area contributed by atoms with Crippen LogP contribution in [0, 0.1) is 5.92 Å². The number of nitrogens with one attached hydrogen (secondary N) is 2. The number of likely N-dealkylation sites (tertiary alicyclic amines) is 1. The Morgan fingerprint density at radius 1 is 1.48 bits per heavy atom. The Balaban J connectivity index is 1.65. The van der Waals surface area contributed by atoms with Gasteiger partial charge in [0.2, 0.25) is 0 Å². The van der Waals surface area contributed by atoms with Gasteiger partial charge in [0.1, 0.15) is 11.4 Å². The van der Waals surface area contributed by atoms with Crippen LogP contribution in [0.3, 0.4) is 0 Å². The fourth-order valence-electron chi connectivity index (χ4n) is 2.44. The number of imidazole rings is 1. The maximum Gasteiger partial charge on any atom is 0.410 e. The van der Waals surface area contributed by atoms with E-state index in [9.17, 15) is 4.79 Å². The molecule has 0 spiro atoms. The zero-order valence-corrected chi connectivity index (χ0v) is 13.2. The fraction of sp³-hybridized carbons (Fsp3) is 0.733. The van der Waals surface area contributed by atoms with Crippen molar-refractivity contribution in [2.45, 2.75) is 45.8 Å². The molecule has 2 rings (SSSR count). The Hall–Kier alpha value is -1.56. The summed E-state index contributed by atoms with van der Waals surface area (Å²) in [5.74, 6) is 1.57. The molecular weight excluding hydrogens is 268 g/mol. The number of rotatable bonds is 4. The second-order valence-electron chi connectivity index (χ2n) is 6.58. The van der Waals surface area contributed by atoms with Crippen LogP contribution in [-0.2, 0) is 11.3 Å². The van der Waals surface area contributed by atoms with Crippen molar-refractivity contribution in [3.63, 3.8) is 0 Å². The van der Waals surface area contributed by atoms with E-state index in [1.54, 1.807) is 6.20 Å². The van der Waals surface area contributed by atoms with Crippen LogP contribution in [0.25, 0.3) is 0 Å². The third-order valence-corrected chi connectivity index (χ3v) is 3.55. The van der Waals surface area contributed by atoms with Gasteiger partial charge in [0, 0.05) is 25.5 Å². The SMILES string of the molecule is CC(C)(C)OC(=O)N1CCC(CNCc2ncc[nH]2)CC1. The summed E-state index contributed by atoms with van der Waals surface area (Å²) in [4.78, 5) is 21.0. The summed E-state index contributed by atoms with van der Waals surface area (Å²) in [6, 6.07) is 0. The number of carbonyl (C=O) groups excluding carboxylic acids is 1. The van der Waals surface area contributed by atoms with E-state index in [4.69, 9.17) is 4.74 Å². The second kappa shape index (κ2) is 6.93. The van der Waals surface area contributed by atoms with E-state index in [1.165, 1.54) is 0 Å². The standard InChI is InChI=1S/C15H26N4O2/c1-15(2,3)21-14(20)19-8-4-12(5-9-19)10-16-11-13-17-6-7-18-13/h6-7,12,16H,4-5,8-11H2,1-3H3,(H,17,18). The third-order valence-electron chi connectivity index (χ3n) is 3.55. The molecule has 0 aliphatic carbocycles. The zero-order chi connectivity index (χ0) is 15.3. The highest BCUT2D eigenvalue weighted by atomic mass is 16.6. The number of nitrogens with zero attached hydrogens (tertiary/aromatic N) is 2. The average molecular weight is 294 g/mol. The molecule has 0 bridgehead atoms. The molecule has 0 atom stereocenters. The van der Waals surface area contributed by atoms with Crippen LogP contribution in [-0.4, -0.2) is 46.2 Å². The lowest BCUT2D eigenvalue weighted by atomic mass is 9.97. The minimum absolute atomic E-state index is 0.190. The van der Waals surface area contributed by atoms with Gasteiger partial charge < -0.3 is 19.9 Å². The smallest absolute Gasteiger partial charge is 0.410 e. The molecule has 118 valence electrons. The highest BCUT2D eigenvalue weighted by molar-refractivity contribution is 5.68. The molecule has 6 heteroatoms. The van der Waals surface area contributed by atoms with E-state index < -0.39 is 5.60 Å². The van der Waals surface area contributed by atoms with Crippen LogP contribution in [0.1, 0.15) is 39.4 Å². The highest BCUT2D eigenvalue weighted by Crippen LogP contribution is 2.19. The topological polar surface area (TPSA) is 70.2 Å². The molecule has 1 saturated heterocycles. The predicted octanol–water partition coefficient (Wildman–Crippen LogP) is 2.15. The summed E-state index contributed by atoms with van der Waals surface area (Å²) in [6.45, 7) is 8.98. The predicted molar refractivity (Wildman–Crippen MR) is 80.8 cm³/mol. The third kappa shape index (κ3) is 5.38. The fourth-order valence-corrected chi connectivity index (χ4v) is 2.44. The molecular formula is C15H26N4O2. The lowest BCUT2D eigenvalue weighted by Crippen LogP contribution is -2.43.